The van der Waals surface area contributed by atoms with Crippen molar-refractivity contribution in [1.29, 1.82) is 0 Å². The maximum Gasteiger partial charge on any atom is 0.123 e. The van der Waals surface area contributed by atoms with Crippen molar-refractivity contribution in [3.8, 4) is 0 Å². The molecule has 0 saturated heterocycles. The van der Waals surface area contributed by atoms with E-state index in [1.165, 1.54) is 12.1 Å². The lowest BCUT2D eigenvalue weighted by atomic mass is 10.1. The van der Waals surface area contributed by atoms with E-state index >= 15 is 0 Å². The van der Waals surface area contributed by atoms with Crippen LogP contribution < -0.4 is 11.3 Å². The van der Waals surface area contributed by atoms with Gasteiger partial charge in [-0.25, -0.2) is 4.39 Å². The second-order valence-corrected chi connectivity index (χ2v) is 3.77. The van der Waals surface area contributed by atoms with Gasteiger partial charge < -0.3 is 4.74 Å². The molecular formula is C12H19FN2O. The van der Waals surface area contributed by atoms with Crippen molar-refractivity contribution in [1.82, 2.24) is 5.43 Å². The molecule has 1 unspecified atom stereocenters. The van der Waals surface area contributed by atoms with Gasteiger partial charge in [-0.15, -0.1) is 0 Å². The maximum atomic E-state index is 12.7. The molecule has 1 aromatic rings. The number of rotatable bonds is 7. The molecule has 3 N–H and O–H groups in total. The van der Waals surface area contributed by atoms with Crippen LogP contribution in [0.4, 0.5) is 4.39 Å². The number of hydrazine groups is 1. The highest BCUT2D eigenvalue weighted by Gasteiger charge is 2.07. The van der Waals surface area contributed by atoms with Crippen molar-refractivity contribution in [2.45, 2.75) is 25.8 Å². The van der Waals surface area contributed by atoms with E-state index in [9.17, 15) is 4.39 Å². The van der Waals surface area contributed by atoms with Gasteiger partial charge in [-0.1, -0.05) is 19.1 Å². The van der Waals surface area contributed by atoms with Crippen LogP contribution in [0.1, 0.15) is 18.9 Å². The summed E-state index contributed by atoms with van der Waals surface area (Å²) < 4.78 is 18.1. The molecule has 1 aromatic carbocycles. The molecule has 0 aliphatic heterocycles. The van der Waals surface area contributed by atoms with Crippen LogP contribution in [-0.4, -0.2) is 19.3 Å². The highest BCUT2D eigenvalue weighted by molar-refractivity contribution is 5.17. The molecule has 1 rings (SSSR count). The molecule has 0 saturated carbocycles. The van der Waals surface area contributed by atoms with E-state index in [2.05, 4.69) is 12.3 Å². The predicted molar refractivity (Wildman–Crippen MR) is 62.3 cm³/mol. The predicted octanol–water partition coefficient (Wildman–Crippen LogP) is 1.63. The third-order valence-electron chi connectivity index (χ3n) is 2.30. The van der Waals surface area contributed by atoms with Crippen LogP contribution in [0, 0.1) is 5.82 Å². The van der Waals surface area contributed by atoms with Crippen LogP contribution >= 0.6 is 0 Å². The number of halogens is 1. The Balaban J connectivity index is 2.40. The van der Waals surface area contributed by atoms with Gasteiger partial charge in [-0.3, -0.25) is 11.3 Å². The highest BCUT2D eigenvalue weighted by Crippen LogP contribution is 2.06. The Morgan fingerprint density at radius 1 is 1.38 bits per heavy atom. The lowest BCUT2D eigenvalue weighted by molar-refractivity contribution is 0.112. The van der Waals surface area contributed by atoms with E-state index < -0.39 is 0 Å². The lowest BCUT2D eigenvalue weighted by Crippen LogP contribution is -2.40. The van der Waals surface area contributed by atoms with Gasteiger partial charge in [0.2, 0.25) is 0 Å². The number of nitrogens with two attached hydrogens (primary N) is 1. The van der Waals surface area contributed by atoms with Crippen molar-refractivity contribution < 1.29 is 9.13 Å². The van der Waals surface area contributed by atoms with Gasteiger partial charge in [0.05, 0.1) is 6.61 Å². The van der Waals surface area contributed by atoms with Crippen LogP contribution in [0.25, 0.3) is 0 Å². The van der Waals surface area contributed by atoms with Crippen LogP contribution in [0.2, 0.25) is 0 Å². The Hall–Kier alpha value is -0.970. The molecule has 0 aliphatic rings. The van der Waals surface area contributed by atoms with Crippen molar-refractivity contribution in [2.24, 2.45) is 5.84 Å². The monoisotopic (exact) mass is 226 g/mol. The van der Waals surface area contributed by atoms with Gasteiger partial charge >= 0.3 is 0 Å². The van der Waals surface area contributed by atoms with Crippen molar-refractivity contribution >= 4 is 0 Å². The van der Waals surface area contributed by atoms with Gasteiger partial charge in [-0.2, -0.15) is 0 Å². The first-order chi connectivity index (χ1) is 7.76. The zero-order valence-corrected chi connectivity index (χ0v) is 9.58. The summed E-state index contributed by atoms with van der Waals surface area (Å²) in [5.41, 5.74) is 3.75. The second kappa shape index (κ2) is 7.33. The third kappa shape index (κ3) is 4.70. The van der Waals surface area contributed by atoms with E-state index in [0.717, 1.165) is 25.0 Å². The third-order valence-corrected chi connectivity index (χ3v) is 2.30. The molecule has 16 heavy (non-hydrogen) atoms. The van der Waals surface area contributed by atoms with Crippen molar-refractivity contribution in [2.75, 3.05) is 13.2 Å². The van der Waals surface area contributed by atoms with E-state index in [1.807, 2.05) is 0 Å². The second-order valence-electron chi connectivity index (χ2n) is 3.77. The molecular weight excluding hydrogens is 207 g/mol. The first-order valence-electron chi connectivity index (χ1n) is 5.54. The Morgan fingerprint density at radius 3 is 2.62 bits per heavy atom. The fourth-order valence-electron chi connectivity index (χ4n) is 1.44. The van der Waals surface area contributed by atoms with Crippen LogP contribution in [-0.2, 0) is 11.2 Å². The molecule has 0 heterocycles. The molecule has 1 atom stereocenters. The molecule has 0 amide bonds. The lowest BCUT2D eigenvalue weighted by Gasteiger charge is -2.15. The topological polar surface area (TPSA) is 47.3 Å². The summed E-state index contributed by atoms with van der Waals surface area (Å²) in [7, 11) is 0. The van der Waals surface area contributed by atoms with Crippen molar-refractivity contribution in [3.63, 3.8) is 0 Å². The van der Waals surface area contributed by atoms with Crippen LogP contribution in [0.15, 0.2) is 24.3 Å². The molecule has 4 heteroatoms. The molecule has 3 nitrogen and oxygen atoms in total. The first-order valence-corrected chi connectivity index (χ1v) is 5.54. The van der Waals surface area contributed by atoms with Crippen LogP contribution in [0.5, 0.6) is 0 Å². The molecule has 0 radical (unpaired) electrons. The van der Waals surface area contributed by atoms with E-state index in [1.54, 1.807) is 12.1 Å². The van der Waals surface area contributed by atoms with Gasteiger partial charge in [0, 0.05) is 12.6 Å². The van der Waals surface area contributed by atoms with Crippen molar-refractivity contribution in [3.05, 3.63) is 35.6 Å². The summed E-state index contributed by atoms with van der Waals surface area (Å²) in [6.07, 6.45) is 1.73. The smallest absolute Gasteiger partial charge is 0.123 e. The summed E-state index contributed by atoms with van der Waals surface area (Å²) in [6.45, 7) is 3.37. The minimum atomic E-state index is -0.219. The molecule has 0 bridgehead atoms. The summed E-state index contributed by atoms with van der Waals surface area (Å²) in [4.78, 5) is 0. The van der Waals surface area contributed by atoms with Gasteiger partial charge in [0.15, 0.2) is 0 Å². The number of benzene rings is 1. The number of hydrogen-bond acceptors (Lipinski definition) is 3. The summed E-state index contributed by atoms with van der Waals surface area (Å²) in [6, 6.07) is 6.50. The zero-order valence-electron chi connectivity index (χ0n) is 9.58. The molecule has 0 aliphatic carbocycles. The first kappa shape index (κ1) is 13.1. The minimum absolute atomic E-state index is 0.0667. The highest BCUT2D eigenvalue weighted by atomic mass is 19.1. The summed E-state index contributed by atoms with van der Waals surface area (Å²) in [5.74, 6) is 5.21. The van der Waals surface area contributed by atoms with E-state index in [-0.39, 0.29) is 11.9 Å². The van der Waals surface area contributed by atoms with Gasteiger partial charge in [-0.05, 0) is 30.5 Å². The Bertz CT molecular complexity index is 290. The standard InChI is InChI=1S/C12H19FN2O/c1-2-7-16-9-12(15-14)8-10-3-5-11(13)6-4-10/h3-6,12,15H,2,7-9,14H2,1H3. The largest absolute Gasteiger partial charge is 0.380 e. The fourth-order valence-corrected chi connectivity index (χ4v) is 1.44. The van der Waals surface area contributed by atoms with Gasteiger partial charge in [0.25, 0.3) is 0 Å². The molecule has 90 valence electrons. The number of nitrogens with one attached hydrogen (secondary N) is 1. The number of ether oxygens (including phenoxy) is 1. The normalized spacial score (nSPS) is 12.7. The van der Waals surface area contributed by atoms with Crippen LogP contribution in [0.3, 0.4) is 0 Å². The molecule has 0 aromatic heterocycles. The average molecular weight is 226 g/mol. The summed E-state index contributed by atoms with van der Waals surface area (Å²) >= 11 is 0. The zero-order chi connectivity index (χ0) is 11.8. The Labute approximate surface area is 95.8 Å². The van der Waals surface area contributed by atoms with E-state index in [4.69, 9.17) is 10.6 Å². The Morgan fingerprint density at radius 2 is 2.06 bits per heavy atom. The SMILES string of the molecule is CCCOCC(Cc1ccc(F)cc1)NN. The maximum absolute atomic E-state index is 12.7. The number of hydrogen-bond donors (Lipinski definition) is 2. The summed E-state index contributed by atoms with van der Waals surface area (Å²) in [5, 5.41) is 0. The average Bonchev–Trinajstić information content (AvgIpc) is 2.31. The Kier molecular flexibility index (Phi) is 6.00. The quantitative estimate of drug-likeness (QED) is 0.422. The fraction of sp³-hybridized carbons (Fsp3) is 0.500. The van der Waals surface area contributed by atoms with Gasteiger partial charge in [0.1, 0.15) is 5.82 Å². The van der Waals surface area contributed by atoms with E-state index in [0.29, 0.717) is 6.61 Å². The molecule has 0 fully saturated rings. The minimum Gasteiger partial charge on any atom is -0.380 e. The molecule has 0 spiro atoms.